The van der Waals surface area contributed by atoms with Crippen LogP contribution >= 0.6 is 0 Å². The van der Waals surface area contributed by atoms with Crippen LogP contribution in [0, 0.1) is 5.92 Å². The zero-order chi connectivity index (χ0) is 10.1. The van der Waals surface area contributed by atoms with Crippen LogP contribution in [0.1, 0.15) is 25.5 Å². The highest BCUT2D eigenvalue weighted by atomic mass is 14.9. The van der Waals surface area contributed by atoms with E-state index in [1.165, 1.54) is 11.1 Å². The predicted octanol–water partition coefficient (Wildman–Crippen LogP) is 2.60. The van der Waals surface area contributed by atoms with Gasteiger partial charge in [-0.25, -0.2) is 0 Å². The molecule has 2 N–H and O–H groups in total. The molecule has 14 heavy (non-hydrogen) atoms. The minimum absolute atomic E-state index is 0.127. The molecule has 0 fully saturated rings. The summed E-state index contributed by atoms with van der Waals surface area (Å²) in [6.07, 6.45) is 4.11. The van der Waals surface area contributed by atoms with Crippen molar-refractivity contribution in [3.8, 4) is 0 Å². The standard InChI is InChI=1S/C12H16N2/c1-9(2)12(13)10-6-8-14-7-4-3-5-11(10)14/h3-9,12H,13H2,1-2H3. The minimum Gasteiger partial charge on any atom is -0.324 e. The molecule has 2 heterocycles. The highest BCUT2D eigenvalue weighted by Crippen LogP contribution is 2.23. The van der Waals surface area contributed by atoms with Gasteiger partial charge in [-0.05, 0) is 29.7 Å². The number of aromatic nitrogens is 1. The van der Waals surface area contributed by atoms with E-state index in [0.29, 0.717) is 5.92 Å². The Morgan fingerprint density at radius 2 is 1.93 bits per heavy atom. The first kappa shape index (κ1) is 9.28. The zero-order valence-corrected chi connectivity index (χ0v) is 8.64. The third-order valence-corrected chi connectivity index (χ3v) is 2.68. The second kappa shape index (κ2) is 3.46. The average molecular weight is 188 g/mol. The van der Waals surface area contributed by atoms with Gasteiger partial charge in [-0.1, -0.05) is 19.9 Å². The van der Waals surface area contributed by atoms with E-state index < -0.39 is 0 Å². The topological polar surface area (TPSA) is 30.4 Å². The summed E-state index contributed by atoms with van der Waals surface area (Å²) in [6, 6.07) is 8.42. The first-order chi connectivity index (χ1) is 6.70. The molecule has 1 unspecified atom stereocenters. The van der Waals surface area contributed by atoms with Crippen LogP contribution in [0.15, 0.2) is 36.7 Å². The molecule has 0 amide bonds. The van der Waals surface area contributed by atoms with Crippen molar-refractivity contribution in [1.82, 2.24) is 4.40 Å². The number of hydrogen-bond acceptors (Lipinski definition) is 1. The van der Waals surface area contributed by atoms with Gasteiger partial charge in [0.25, 0.3) is 0 Å². The lowest BCUT2D eigenvalue weighted by molar-refractivity contribution is 0.517. The monoisotopic (exact) mass is 188 g/mol. The Kier molecular flexibility index (Phi) is 2.30. The summed E-state index contributed by atoms with van der Waals surface area (Å²) in [4.78, 5) is 0. The van der Waals surface area contributed by atoms with Crippen LogP contribution in [0.3, 0.4) is 0 Å². The van der Waals surface area contributed by atoms with Crippen LogP contribution in [0.2, 0.25) is 0 Å². The van der Waals surface area contributed by atoms with Crippen LogP contribution in [0.4, 0.5) is 0 Å². The lowest BCUT2D eigenvalue weighted by Crippen LogP contribution is -2.16. The molecular weight excluding hydrogens is 172 g/mol. The van der Waals surface area contributed by atoms with Crippen molar-refractivity contribution in [3.05, 3.63) is 42.2 Å². The van der Waals surface area contributed by atoms with Crippen molar-refractivity contribution in [2.45, 2.75) is 19.9 Å². The van der Waals surface area contributed by atoms with Gasteiger partial charge in [-0.15, -0.1) is 0 Å². The van der Waals surface area contributed by atoms with Gasteiger partial charge in [-0.2, -0.15) is 0 Å². The summed E-state index contributed by atoms with van der Waals surface area (Å²) < 4.78 is 2.11. The van der Waals surface area contributed by atoms with E-state index in [9.17, 15) is 0 Å². The van der Waals surface area contributed by atoms with Crippen molar-refractivity contribution >= 4 is 5.52 Å². The highest BCUT2D eigenvalue weighted by molar-refractivity contribution is 5.56. The van der Waals surface area contributed by atoms with E-state index in [1.54, 1.807) is 0 Å². The lowest BCUT2D eigenvalue weighted by Gasteiger charge is -2.14. The van der Waals surface area contributed by atoms with E-state index in [4.69, 9.17) is 5.73 Å². The van der Waals surface area contributed by atoms with Gasteiger partial charge in [0.2, 0.25) is 0 Å². The van der Waals surface area contributed by atoms with E-state index in [1.807, 2.05) is 18.3 Å². The Morgan fingerprint density at radius 3 is 2.64 bits per heavy atom. The Bertz CT molecular complexity index is 429. The van der Waals surface area contributed by atoms with Gasteiger partial charge in [0, 0.05) is 24.0 Å². The summed E-state index contributed by atoms with van der Waals surface area (Å²) in [5, 5.41) is 0. The molecule has 2 rings (SSSR count). The van der Waals surface area contributed by atoms with Crippen molar-refractivity contribution in [2.24, 2.45) is 11.7 Å². The first-order valence-corrected chi connectivity index (χ1v) is 5.01. The Labute approximate surface area is 84.3 Å². The number of nitrogens with two attached hydrogens (primary N) is 1. The number of rotatable bonds is 2. The highest BCUT2D eigenvalue weighted by Gasteiger charge is 2.13. The number of pyridine rings is 1. The van der Waals surface area contributed by atoms with Crippen LogP contribution in [-0.2, 0) is 0 Å². The summed E-state index contributed by atoms with van der Waals surface area (Å²) in [6.45, 7) is 4.30. The molecule has 0 saturated heterocycles. The quantitative estimate of drug-likeness (QED) is 0.771. The Morgan fingerprint density at radius 1 is 1.14 bits per heavy atom. The molecule has 0 aliphatic heterocycles. The van der Waals surface area contributed by atoms with Gasteiger partial charge < -0.3 is 10.1 Å². The average Bonchev–Trinajstić information content (AvgIpc) is 2.60. The Hall–Kier alpha value is -1.28. The van der Waals surface area contributed by atoms with E-state index in [-0.39, 0.29) is 6.04 Å². The van der Waals surface area contributed by atoms with Crippen LogP contribution in [-0.4, -0.2) is 4.40 Å². The fraction of sp³-hybridized carbons (Fsp3) is 0.333. The van der Waals surface area contributed by atoms with E-state index in [0.717, 1.165) is 0 Å². The smallest absolute Gasteiger partial charge is 0.0497 e. The predicted molar refractivity (Wildman–Crippen MR) is 59.2 cm³/mol. The second-order valence-corrected chi connectivity index (χ2v) is 4.03. The lowest BCUT2D eigenvalue weighted by atomic mass is 9.98. The zero-order valence-electron chi connectivity index (χ0n) is 8.64. The number of hydrogen-bond donors (Lipinski definition) is 1. The molecule has 2 aromatic rings. The van der Waals surface area contributed by atoms with Crippen molar-refractivity contribution in [2.75, 3.05) is 0 Å². The fourth-order valence-electron chi connectivity index (χ4n) is 1.72. The molecule has 0 spiro atoms. The largest absolute Gasteiger partial charge is 0.324 e. The van der Waals surface area contributed by atoms with Crippen LogP contribution in [0.5, 0.6) is 0 Å². The minimum atomic E-state index is 0.127. The SMILES string of the molecule is CC(C)C(N)c1ccn2ccccc12. The summed E-state index contributed by atoms with van der Waals surface area (Å²) in [7, 11) is 0. The van der Waals surface area contributed by atoms with Crippen molar-refractivity contribution in [1.29, 1.82) is 0 Å². The third-order valence-electron chi connectivity index (χ3n) is 2.68. The Balaban J connectivity index is 2.53. The normalized spacial score (nSPS) is 13.7. The van der Waals surface area contributed by atoms with Gasteiger partial charge in [0.1, 0.15) is 0 Å². The van der Waals surface area contributed by atoms with Gasteiger partial charge >= 0.3 is 0 Å². The van der Waals surface area contributed by atoms with Gasteiger partial charge in [0.05, 0.1) is 0 Å². The maximum atomic E-state index is 6.13. The number of nitrogens with zero attached hydrogens (tertiary/aromatic N) is 1. The number of fused-ring (bicyclic) bond motifs is 1. The van der Waals surface area contributed by atoms with Crippen LogP contribution < -0.4 is 5.73 Å². The fourth-order valence-corrected chi connectivity index (χ4v) is 1.72. The summed E-state index contributed by atoms with van der Waals surface area (Å²) in [5.74, 6) is 0.474. The van der Waals surface area contributed by atoms with Gasteiger partial charge in [0.15, 0.2) is 0 Å². The molecule has 0 aromatic carbocycles. The van der Waals surface area contributed by atoms with Crippen LogP contribution in [0.25, 0.3) is 5.52 Å². The molecule has 2 nitrogen and oxygen atoms in total. The molecule has 74 valence electrons. The molecule has 2 aromatic heterocycles. The third kappa shape index (κ3) is 1.42. The second-order valence-electron chi connectivity index (χ2n) is 4.03. The molecule has 0 radical (unpaired) electrons. The molecule has 0 saturated carbocycles. The maximum absolute atomic E-state index is 6.13. The van der Waals surface area contributed by atoms with Crippen molar-refractivity contribution in [3.63, 3.8) is 0 Å². The summed E-state index contributed by atoms with van der Waals surface area (Å²) >= 11 is 0. The maximum Gasteiger partial charge on any atom is 0.0497 e. The van der Waals surface area contributed by atoms with E-state index in [2.05, 4.69) is 36.6 Å². The van der Waals surface area contributed by atoms with Gasteiger partial charge in [-0.3, -0.25) is 0 Å². The molecule has 1 atom stereocenters. The summed E-state index contributed by atoms with van der Waals surface area (Å²) in [5.41, 5.74) is 8.59. The molecule has 2 heteroatoms. The van der Waals surface area contributed by atoms with Crippen molar-refractivity contribution < 1.29 is 0 Å². The molecule has 0 aliphatic carbocycles. The molecule has 0 aliphatic rings. The molecular formula is C12H16N2. The molecule has 0 bridgehead atoms. The first-order valence-electron chi connectivity index (χ1n) is 5.01. The van der Waals surface area contributed by atoms with E-state index >= 15 is 0 Å².